The van der Waals surface area contributed by atoms with E-state index in [0.717, 1.165) is 46.5 Å². The van der Waals surface area contributed by atoms with Crippen molar-refractivity contribution in [3.8, 4) is 34.4 Å². The van der Waals surface area contributed by atoms with E-state index in [-0.39, 0.29) is 19.8 Å². The first-order valence-corrected chi connectivity index (χ1v) is 17.6. The highest BCUT2D eigenvalue weighted by molar-refractivity contribution is 6.32. The van der Waals surface area contributed by atoms with Crippen molar-refractivity contribution >= 4 is 17.6 Å². The average Bonchev–Trinajstić information content (AvgIpc) is 3.64. The predicted octanol–water partition coefficient (Wildman–Crippen LogP) is 6.84. The van der Waals surface area contributed by atoms with Gasteiger partial charge in [0.1, 0.15) is 42.6 Å². The standard InChI is InChI=1S/C40H45ClN4O6/c1-26-31(9-6-10-33(26)34-11-7-12-36(27(34)2)49-16-8-15-45-13-4-5-14-45)25-51-38-19-37(50-24-30-17-29(20-42)21-43-22-30)32(18-35(38)41)23-44-39(28(3)46)40(47)48/h6-7,9-12,17-19,21-22,28,39,44,46H,4-5,8,13-16,23-25H2,1-3H3,(H,47,48)/t28-,39+/m1/s1. The lowest BCUT2D eigenvalue weighted by Crippen LogP contribution is -2.44. The van der Waals surface area contributed by atoms with Crippen LogP contribution in [0.15, 0.2) is 67.0 Å². The molecule has 51 heavy (non-hydrogen) atoms. The molecule has 11 heteroatoms. The van der Waals surface area contributed by atoms with Crippen molar-refractivity contribution < 1.29 is 29.2 Å². The summed E-state index contributed by atoms with van der Waals surface area (Å²) in [6.45, 7) is 10.1. The number of likely N-dealkylation sites (tertiary alicyclic amines) is 1. The number of carboxylic acids is 1. The number of carboxylic acid groups (broad SMARTS) is 1. The van der Waals surface area contributed by atoms with E-state index >= 15 is 0 Å². The second-order valence-corrected chi connectivity index (χ2v) is 13.3. The molecule has 5 rings (SSSR count). The van der Waals surface area contributed by atoms with Crippen LogP contribution in [-0.4, -0.2) is 64.5 Å². The molecule has 4 aromatic rings. The minimum absolute atomic E-state index is 0.0510. The summed E-state index contributed by atoms with van der Waals surface area (Å²) in [7, 11) is 0. The number of aliphatic hydroxyl groups excluding tert-OH is 1. The molecule has 2 heterocycles. The first-order chi connectivity index (χ1) is 24.6. The lowest BCUT2D eigenvalue weighted by molar-refractivity contribution is -0.142. The second kappa shape index (κ2) is 18.0. The normalized spacial score (nSPS) is 14.1. The highest BCUT2D eigenvalue weighted by atomic mass is 35.5. The second-order valence-electron chi connectivity index (χ2n) is 12.9. The molecular weight excluding hydrogens is 668 g/mol. The number of benzene rings is 3. The quantitative estimate of drug-likeness (QED) is 0.0999. The van der Waals surface area contributed by atoms with Gasteiger partial charge in [0, 0.05) is 42.7 Å². The van der Waals surface area contributed by atoms with Gasteiger partial charge in [-0.2, -0.15) is 5.26 Å². The Kier molecular flexibility index (Phi) is 13.3. The van der Waals surface area contributed by atoms with Crippen LogP contribution in [0.2, 0.25) is 5.02 Å². The summed E-state index contributed by atoms with van der Waals surface area (Å²) in [5, 5.41) is 32.0. The Labute approximate surface area is 304 Å². The number of aliphatic carboxylic acids is 1. The van der Waals surface area contributed by atoms with Crippen molar-refractivity contribution in [3.63, 3.8) is 0 Å². The van der Waals surface area contributed by atoms with Crippen LogP contribution in [0.4, 0.5) is 0 Å². The molecule has 268 valence electrons. The number of hydrogen-bond donors (Lipinski definition) is 3. The molecular formula is C40H45ClN4O6. The largest absolute Gasteiger partial charge is 0.493 e. The van der Waals surface area contributed by atoms with E-state index in [9.17, 15) is 20.3 Å². The van der Waals surface area contributed by atoms with E-state index in [0.29, 0.717) is 39.8 Å². The Morgan fingerprint density at radius 3 is 2.41 bits per heavy atom. The van der Waals surface area contributed by atoms with Crippen molar-refractivity contribution in [2.24, 2.45) is 0 Å². The Balaban J connectivity index is 1.32. The number of rotatable bonds is 17. The van der Waals surface area contributed by atoms with Crippen LogP contribution in [0.1, 0.15) is 59.6 Å². The van der Waals surface area contributed by atoms with Crippen LogP contribution in [0.5, 0.6) is 17.2 Å². The molecule has 3 N–H and O–H groups in total. The number of nitriles is 1. The summed E-state index contributed by atoms with van der Waals surface area (Å²) in [5.41, 5.74) is 6.98. The van der Waals surface area contributed by atoms with E-state index < -0.39 is 18.1 Å². The highest BCUT2D eigenvalue weighted by Gasteiger charge is 2.23. The summed E-state index contributed by atoms with van der Waals surface area (Å²) < 4.78 is 18.7. The summed E-state index contributed by atoms with van der Waals surface area (Å²) in [6.07, 6.45) is 5.52. The molecule has 1 aromatic heterocycles. The lowest BCUT2D eigenvalue weighted by atomic mass is 9.93. The topological polar surface area (TPSA) is 137 Å². The van der Waals surface area contributed by atoms with Gasteiger partial charge in [0.2, 0.25) is 0 Å². The summed E-state index contributed by atoms with van der Waals surface area (Å²) in [6, 6.07) is 18.2. The van der Waals surface area contributed by atoms with Crippen molar-refractivity contribution in [2.75, 3.05) is 26.2 Å². The minimum Gasteiger partial charge on any atom is -0.493 e. The van der Waals surface area contributed by atoms with Gasteiger partial charge in [-0.25, -0.2) is 0 Å². The molecule has 0 radical (unpaired) electrons. The number of halogens is 1. The fraction of sp³-hybridized carbons (Fsp3) is 0.375. The molecule has 1 aliphatic heterocycles. The fourth-order valence-corrected chi connectivity index (χ4v) is 6.50. The molecule has 0 unspecified atom stereocenters. The number of aromatic nitrogens is 1. The van der Waals surface area contributed by atoms with Crippen LogP contribution < -0.4 is 19.5 Å². The molecule has 0 aliphatic carbocycles. The third-order valence-corrected chi connectivity index (χ3v) is 9.47. The van der Waals surface area contributed by atoms with Gasteiger partial charge in [-0.15, -0.1) is 0 Å². The van der Waals surface area contributed by atoms with Crippen molar-refractivity contribution in [1.82, 2.24) is 15.2 Å². The summed E-state index contributed by atoms with van der Waals surface area (Å²) in [5.74, 6) is 0.493. The van der Waals surface area contributed by atoms with Crippen molar-refractivity contribution in [2.45, 2.75) is 71.9 Å². The van der Waals surface area contributed by atoms with Gasteiger partial charge in [-0.1, -0.05) is 41.9 Å². The zero-order valence-electron chi connectivity index (χ0n) is 29.3. The zero-order chi connectivity index (χ0) is 36.3. The molecule has 10 nitrogen and oxygen atoms in total. The minimum atomic E-state index is -1.20. The first-order valence-electron chi connectivity index (χ1n) is 17.2. The Morgan fingerprint density at radius 1 is 0.961 bits per heavy atom. The summed E-state index contributed by atoms with van der Waals surface area (Å²) in [4.78, 5) is 18.3. The van der Waals surface area contributed by atoms with Crippen LogP contribution in [0, 0.1) is 25.2 Å². The Morgan fingerprint density at radius 2 is 1.69 bits per heavy atom. The van der Waals surface area contributed by atoms with Gasteiger partial charge in [0.05, 0.1) is 23.3 Å². The molecule has 0 saturated carbocycles. The number of pyridine rings is 1. The van der Waals surface area contributed by atoms with Crippen molar-refractivity contribution in [1.29, 1.82) is 5.26 Å². The molecule has 1 fully saturated rings. The molecule has 0 spiro atoms. The van der Waals surface area contributed by atoms with E-state index in [1.165, 1.54) is 39.1 Å². The van der Waals surface area contributed by atoms with Crippen LogP contribution in [0.3, 0.4) is 0 Å². The maximum atomic E-state index is 11.7. The van der Waals surface area contributed by atoms with Gasteiger partial charge in [-0.05, 0) is 99.1 Å². The number of ether oxygens (including phenoxy) is 3. The number of carbonyl (C=O) groups is 1. The maximum absolute atomic E-state index is 11.7. The first kappa shape index (κ1) is 37.6. The Bertz CT molecular complexity index is 1850. The molecule has 0 bridgehead atoms. The Hall–Kier alpha value is -4.66. The molecule has 1 aliphatic rings. The number of aliphatic hydroxyl groups is 1. The molecule has 2 atom stereocenters. The van der Waals surface area contributed by atoms with Gasteiger partial charge >= 0.3 is 5.97 Å². The number of hydrogen-bond acceptors (Lipinski definition) is 9. The molecule has 0 amide bonds. The highest BCUT2D eigenvalue weighted by Crippen LogP contribution is 2.36. The third kappa shape index (κ3) is 9.99. The summed E-state index contributed by atoms with van der Waals surface area (Å²) >= 11 is 6.72. The zero-order valence-corrected chi connectivity index (χ0v) is 30.1. The van der Waals surface area contributed by atoms with Crippen molar-refractivity contribution in [3.05, 3.63) is 105 Å². The number of nitrogens with one attached hydrogen (secondary N) is 1. The van der Waals surface area contributed by atoms with Gasteiger partial charge in [-0.3, -0.25) is 15.1 Å². The monoisotopic (exact) mass is 712 g/mol. The van der Waals surface area contributed by atoms with E-state index in [2.05, 4.69) is 47.3 Å². The average molecular weight is 713 g/mol. The molecule has 1 saturated heterocycles. The van der Waals surface area contributed by atoms with Crippen LogP contribution in [-0.2, 0) is 24.6 Å². The van der Waals surface area contributed by atoms with Crippen LogP contribution >= 0.6 is 11.6 Å². The van der Waals surface area contributed by atoms with Crippen LogP contribution in [0.25, 0.3) is 11.1 Å². The van der Waals surface area contributed by atoms with E-state index in [1.54, 1.807) is 24.4 Å². The maximum Gasteiger partial charge on any atom is 0.323 e. The molecule has 3 aromatic carbocycles. The number of nitrogens with zero attached hydrogens (tertiary/aromatic N) is 3. The third-order valence-electron chi connectivity index (χ3n) is 9.17. The van der Waals surface area contributed by atoms with E-state index in [1.807, 2.05) is 24.3 Å². The van der Waals surface area contributed by atoms with Gasteiger partial charge in [0.25, 0.3) is 0 Å². The van der Waals surface area contributed by atoms with E-state index in [4.69, 9.17) is 25.8 Å². The SMILES string of the molecule is Cc1c(COc2cc(OCc3cncc(C#N)c3)c(CN[C@H](C(=O)O)[C@@H](C)O)cc2Cl)cccc1-c1cccc(OCCCN2CCCC2)c1C. The predicted molar refractivity (Wildman–Crippen MR) is 196 cm³/mol. The van der Waals surface area contributed by atoms with Gasteiger partial charge < -0.3 is 29.3 Å². The fourth-order valence-electron chi connectivity index (χ4n) is 6.26. The van der Waals surface area contributed by atoms with Gasteiger partial charge in [0.15, 0.2) is 0 Å². The lowest BCUT2D eigenvalue weighted by Gasteiger charge is -2.20. The smallest absolute Gasteiger partial charge is 0.323 e.